The Kier molecular flexibility index (Phi) is 2.90. The molecule has 3 aliphatic heterocycles. The fraction of sp³-hybridized carbons (Fsp3) is 0. The molecule has 3 heterocycles. The summed E-state index contributed by atoms with van der Waals surface area (Å²) >= 11 is -2.52. The van der Waals surface area contributed by atoms with E-state index in [1.54, 1.807) is 0 Å². The monoisotopic (exact) mass is 557 g/mol. The summed E-state index contributed by atoms with van der Waals surface area (Å²) in [6, 6.07) is 29.7. The van der Waals surface area contributed by atoms with Gasteiger partial charge in [0.05, 0.1) is 0 Å². The zero-order chi connectivity index (χ0) is 18.2. The molecule has 3 nitrogen and oxygen atoms in total. The van der Waals surface area contributed by atoms with Crippen molar-refractivity contribution in [3.8, 4) is 23.0 Å². The molecule has 0 saturated heterocycles. The van der Waals surface area contributed by atoms with E-state index in [2.05, 4.69) is 83.8 Å². The Labute approximate surface area is 170 Å². The van der Waals surface area contributed by atoms with Gasteiger partial charge in [0.15, 0.2) is 0 Å². The molecule has 0 N–H and O–H groups in total. The molecule has 7 rings (SSSR count). The van der Waals surface area contributed by atoms with Crippen LogP contribution < -0.4 is 24.2 Å². The third-order valence-electron chi connectivity index (χ3n) is 5.52. The predicted molar refractivity (Wildman–Crippen MR) is 112 cm³/mol. The first kappa shape index (κ1) is 15.1. The summed E-state index contributed by atoms with van der Waals surface area (Å²) in [5.41, 5.74) is 3.68. The van der Waals surface area contributed by atoms with Crippen molar-refractivity contribution in [3.05, 3.63) is 84.9 Å². The molecular formula is C24H14BiNO2. The molecule has 0 radical (unpaired) electrons. The first-order chi connectivity index (χ1) is 13.9. The molecule has 28 heavy (non-hydrogen) atoms. The summed E-state index contributed by atoms with van der Waals surface area (Å²) in [5, 5.41) is 0. The quantitative estimate of drug-likeness (QED) is 0.283. The Bertz CT molecular complexity index is 1210. The van der Waals surface area contributed by atoms with Gasteiger partial charge in [-0.2, -0.15) is 0 Å². The molecule has 0 atom stereocenters. The minimum atomic E-state index is -2.52. The molecule has 3 aliphatic rings. The summed E-state index contributed by atoms with van der Waals surface area (Å²) in [6.07, 6.45) is 0. The molecule has 0 fully saturated rings. The fourth-order valence-corrected chi connectivity index (χ4v) is 15.5. The molecule has 0 unspecified atom stereocenters. The molecule has 0 bridgehead atoms. The zero-order valence-corrected chi connectivity index (χ0v) is 18.3. The van der Waals surface area contributed by atoms with Crippen molar-refractivity contribution < 1.29 is 9.47 Å². The Hall–Kier alpha value is -2.84. The summed E-state index contributed by atoms with van der Waals surface area (Å²) in [5.74, 6) is 3.99. The van der Waals surface area contributed by atoms with Crippen LogP contribution in [0.2, 0.25) is 0 Å². The number of hydrogen-bond acceptors (Lipinski definition) is 3. The number of hydrogen-bond donors (Lipinski definition) is 0. The number of benzene rings is 4. The van der Waals surface area contributed by atoms with E-state index in [4.69, 9.17) is 9.47 Å². The molecule has 4 heteroatoms. The van der Waals surface area contributed by atoms with E-state index in [0.29, 0.717) is 0 Å². The third-order valence-corrected chi connectivity index (χ3v) is 15.9. The molecule has 0 aliphatic carbocycles. The first-order valence-corrected chi connectivity index (χ1v) is 14.5. The van der Waals surface area contributed by atoms with Crippen molar-refractivity contribution in [2.24, 2.45) is 0 Å². The molecule has 0 spiro atoms. The van der Waals surface area contributed by atoms with Crippen LogP contribution in [0.3, 0.4) is 0 Å². The van der Waals surface area contributed by atoms with Gasteiger partial charge in [0.2, 0.25) is 0 Å². The Balaban J connectivity index is 1.63. The van der Waals surface area contributed by atoms with Crippen LogP contribution in [0.5, 0.6) is 23.0 Å². The van der Waals surface area contributed by atoms with Crippen LogP contribution in [0.4, 0.5) is 17.1 Å². The van der Waals surface area contributed by atoms with Crippen LogP contribution in [-0.4, -0.2) is 21.8 Å². The van der Waals surface area contributed by atoms with Gasteiger partial charge >= 0.3 is 171 Å². The molecule has 4 aromatic carbocycles. The minimum absolute atomic E-state index is 0.980. The van der Waals surface area contributed by atoms with Gasteiger partial charge in [0.25, 0.3) is 0 Å². The molecule has 0 amide bonds. The van der Waals surface area contributed by atoms with Gasteiger partial charge in [-0.05, 0) is 0 Å². The SMILES string of the molecule is c1ccc(N2c3cccc4[c]3[Bi]3[c]5c(cccc5Oc5cccc2[c]53)O4)cc1. The molecule has 4 aromatic rings. The maximum atomic E-state index is 6.38. The second-order valence-electron chi connectivity index (χ2n) is 7.06. The normalized spacial score (nSPS) is 14.8. The van der Waals surface area contributed by atoms with Crippen molar-refractivity contribution in [2.75, 3.05) is 4.90 Å². The van der Waals surface area contributed by atoms with E-state index in [-0.39, 0.29) is 0 Å². The number of ether oxygens (including phenoxy) is 2. The Morgan fingerprint density at radius 2 is 1.00 bits per heavy atom. The number of para-hydroxylation sites is 1. The van der Waals surface area contributed by atoms with E-state index in [1.807, 2.05) is 6.07 Å². The molecule has 0 aromatic heterocycles. The van der Waals surface area contributed by atoms with E-state index in [9.17, 15) is 0 Å². The van der Waals surface area contributed by atoms with Gasteiger partial charge in [-0.1, -0.05) is 0 Å². The second-order valence-corrected chi connectivity index (χ2v) is 14.9. The third kappa shape index (κ3) is 1.82. The van der Waals surface area contributed by atoms with E-state index < -0.39 is 21.8 Å². The van der Waals surface area contributed by atoms with E-state index in [1.165, 1.54) is 21.2 Å². The summed E-state index contributed by atoms with van der Waals surface area (Å²) in [6.45, 7) is 0. The van der Waals surface area contributed by atoms with Crippen LogP contribution in [0.15, 0.2) is 84.9 Å². The summed E-state index contributed by atoms with van der Waals surface area (Å²) in [7, 11) is 0. The molecule has 0 saturated carbocycles. The number of anilines is 3. The van der Waals surface area contributed by atoms with Gasteiger partial charge < -0.3 is 0 Å². The van der Waals surface area contributed by atoms with Crippen molar-refractivity contribution in [1.82, 2.24) is 0 Å². The first-order valence-electron chi connectivity index (χ1n) is 9.30. The standard InChI is InChI=1S/C24H14NO2.Bi/c1-2-7-18(8-3-1)25-19-9-4-11-21(15-19)26-23-13-6-14-24(17-23)27-22-12-5-10-20(25)16-22;/h1-14H;. The zero-order valence-electron chi connectivity index (χ0n) is 14.8. The van der Waals surface area contributed by atoms with Gasteiger partial charge in [-0.15, -0.1) is 0 Å². The van der Waals surface area contributed by atoms with Crippen molar-refractivity contribution >= 4 is 48.6 Å². The summed E-state index contributed by atoms with van der Waals surface area (Å²) in [4.78, 5) is 2.37. The molecule has 132 valence electrons. The maximum absolute atomic E-state index is 6.38. The molecular weight excluding hydrogens is 543 g/mol. The second kappa shape index (κ2) is 5.36. The average molecular weight is 557 g/mol. The van der Waals surface area contributed by atoms with Crippen molar-refractivity contribution in [2.45, 2.75) is 0 Å². The van der Waals surface area contributed by atoms with Crippen LogP contribution >= 0.6 is 0 Å². The van der Waals surface area contributed by atoms with Gasteiger partial charge in [-0.3, -0.25) is 0 Å². The van der Waals surface area contributed by atoms with Gasteiger partial charge in [0.1, 0.15) is 0 Å². The van der Waals surface area contributed by atoms with Crippen LogP contribution in [-0.2, 0) is 0 Å². The van der Waals surface area contributed by atoms with Gasteiger partial charge in [-0.25, -0.2) is 0 Å². The van der Waals surface area contributed by atoms with E-state index in [0.717, 1.165) is 28.7 Å². The predicted octanol–water partition coefficient (Wildman–Crippen LogP) is 4.20. The number of rotatable bonds is 1. The van der Waals surface area contributed by atoms with Crippen LogP contribution in [0.1, 0.15) is 0 Å². The van der Waals surface area contributed by atoms with Crippen molar-refractivity contribution in [1.29, 1.82) is 0 Å². The topological polar surface area (TPSA) is 21.7 Å². The summed E-state index contributed by atoms with van der Waals surface area (Å²) < 4.78 is 16.9. The average Bonchev–Trinajstić information content (AvgIpc) is 2.75. The van der Waals surface area contributed by atoms with Crippen LogP contribution in [0.25, 0.3) is 0 Å². The van der Waals surface area contributed by atoms with Crippen molar-refractivity contribution in [3.63, 3.8) is 0 Å². The Morgan fingerprint density at radius 1 is 0.500 bits per heavy atom. The van der Waals surface area contributed by atoms with Crippen LogP contribution in [0, 0.1) is 0 Å². The number of nitrogens with zero attached hydrogens (tertiary/aromatic N) is 1. The Morgan fingerprint density at radius 3 is 1.57 bits per heavy atom. The van der Waals surface area contributed by atoms with E-state index >= 15 is 0 Å². The fourth-order valence-electron chi connectivity index (χ4n) is 4.44. The van der Waals surface area contributed by atoms with Gasteiger partial charge in [0, 0.05) is 0 Å².